The first-order valence-electron chi connectivity index (χ1n) is 2.35. The number of halogens is 1. The molecule has 0 nitrogen and oxygen atoms in total. The van der Waals surface area contributed by atoms with Gasteiger partial charge in [-0.3, -0.25) is 0 Å². The number of hydrogen-bond donors (Lipinski definition) is 0. The maximum absolute atomic E-state index is 2.46. The van der Waals surface area contributed by atoms with E-state index in [2.05, 4.69) is 42.5 Å². The molecule has 0 aromatic rings. The molecule has 0 heterocycles. The third-order valence-electron chi connectivity index (χ3n) is 0.749. The molecule has 0 rings (SSSR count). The highest BCUT2D eigenvalue weighted by molar-refractivity contribution is 14.1. The van der Waals surface area contributed by atoms with Crippen LogP contribution in [0.15, 0.2) is 0 Å². The summed E-state index contributed by atoms with van der Waals surface area (Å²) in [4.78, 5) is 0. The minimum atomic E-state index is 0.789. The molecule has 0 aliphatic rings. The van der Waals surface area contributed by atoms with Gasteiger partial charge in [-0.2, -0.15) is 11.6 Å². The lowest BCUT2D eigenvalue weighted by molar-refractivity contribution is 1.07. The Balaban J connectivity index is 3.14. The molecule has 0 saturated heterocycles. The summed E-state index contributed by atoms with van der Waals surface area (Å²) in [6.07, 6.45) is 2.15. The quantitative estimate of drug-likeness (QED) is 0.517. The van der Waals surface area contributed by atoms with Crippen molar-refractivity contribution < 1.29 is 0 Å². The summed E-state index contributed by atoms with van der Waals surface area (Å²) in [5.41, 5.74) is 0. The van der Waals surface area contributed by atoms with Gasteiger partial charge in [0.05, 0.1) is 0 Å². The predicted octanol–water partition coefficient (Wildman–Crippen LogP) is 2.68. The molecule has 42 valence electrons. The molecule has 7 heavy (non-hydrogen) atoms. The van der Waals surface area contributed by atoms with Crippen LogP contribution in [0, 0.1) is 0 Å². The van der Waals surface area contributed by atoms with E-state index in [0.29, 0.717) is 0 Å². The zero-order valence-corrected chi connectivity index (χ0v) is 7.91. The molecule has 0 amide bonds. The highest BCUT2D eigenvalue weighted by Crippen LogP contribution is 2.22. The molecule has 0 spiro atoms. The maximum atomic E-state index is 2.46. The molecule has 0 N–H and O–H groups in total. The van der Waals surface area contributed by atoms with Gasteiger partial charge in [0.1, 0.15) is 0 Å². The van der Waals surface area contributed by atoms with Crippen LogP contribution in [0.5, 0.6) is 0 Å². The largest absolute Gasteiger partial charge is 0.283 e. The summed E-state index contributed by atoms with van der Waals surface area (Å²) in [7, 11) is 0. The van der Waals surface area contributed by atoms with Crippen LogP contribution >= 0.6 is 34.0 Å². The van der Waals surface area contributed by atoms with E-state index >= 15 is 0 Å². The monoisotopic (exact) mass is 228 g/mol. The Bertz CT molecular complexity index is 49.0. The third kappa shape index (κ3) is 3.70. The van der Waals surface area contributed by atoms with E-state index in [0.717, 1.165) is 9.66 Å². The predicted molar refractivity (Wildman–Crippen MR) is 48.4 cm³/mol. The van der Waals surface area contributed by atoms with Crippen LogP contribution in [0.2, 0.25) is 5.82 Å². The first-order chi connectivity index (χ1) is 3.18. The van der Waals surface area contributed by atoms with E-state index in [1.54, 1.807) is 0 Å². The summed E-state index contributed by atoms with van der Waals surface area (Å²) < 4.78 is 0.789. The van der Waals surface area contributed by atoms with Crippen LogP contribution < -0.4 is 0 Å². The van der Waals surface area contributed by atoms with Crippen LogP contribution in [0.1, 0.15) is 13.8 Å². The molecule has 0 aromatic heterocycles. The van der Waals surface area contributed by atoms with E-state index in [9.17, 15) is 0 Å². The molecule has 0 atom stereocenters. The second-order valence-electron chi connectivity index (χ2n) is 1.83. The van der Waals surface area contributed by atoms with Gasteiger partial charge in [0.2, 0.25) is 0 Å². The zero-order valence-electron chi connectivity index (χ0n) is 4.94. The van der Waals surface area contributed by atoms with Gasteiger partial charge in [0, 0.05) is 0 Å². The van der Waals surface area contributed by atoms with E-state index in [1.165, 1.54) is 0 Å². The zero-order chi connectivity index (χ0) is 5.86. The second kappa shape index (κ2) is 4.07. The van der Waals surface area contributed by atoms with Gasteiger partial charge >= 0.3 is 0 Å². The van der Waals surface area contributed by atoms with E-state index in [4.69, 9.17) is 0 Å². The molecule has 0 aliphatic heterocycles. The van der Waals surface area contributed by atoms with Crippen molar-refractivity contribution in [3.63, 3.8) is 0 Å². The molecule has 0 radical (unpaired) electrons. The average Bonchev–Trinajstić information content (AvgIpc) is 1.65. The van der Waals surface area contributed by atoms with Crippen molar-refractivity contribution in [1.29, 1.82) is 0 Å². The van der Waals surface area contributed by atoms with Crippen LogP contribution in [-0.4, -0.2) is 10.1 Å². The van der Waals surface area contributed by atoms with Crippen molar-refractivity contribution in [2.45, 2.75) is 19.7 Å². The SMILES string of the molecule is CSB(I)C(C)C. The molecule has 0 saturated carbocycles. The Morgan fingerprint density at radius 2 is 2.00 bits per heavy atom. The smallest absolute Gasteiger partial charge is 0.199 e. The van der Waals surface area contributed by atoms with Gasteiger partial charge in [-0.1, -0.05) is 13.8 Å². The van der Waals surface area contributed by atoms with Gasteiger partial charge in [0.25, 0.3) is 3.85 Å². The summed E-state index contributed by atoms with van der Waals surface area (Å²) in [5.74, 6) is 0.815. The van der Waals surface area contributed by atoms with Crippen molar-refractivity contribution in [3.8, 4) is 0 Å². The van der Waals surface area contributed by atoms with Crippen LogP contribution in [0.4, 0.5) is 0 Å². The fourth-order valence-electron chi connectivity index (χ4n) is 0.272. The van der Waals surface area contributed by atoms with Crippen LogP contribution in [0.25, 0.3) is 0 Å². The standard InChI is InChI=1S/C4H10BIS/c1-4(2)5(6)7-3/h4H,1-3H3. The minimum Gasteiger partial charge on any atom is -0.199 e. The number of hydrogen-bond acceptors (Lipinski definition) is 1. The Labute approximate surface area is 63.7 Å². The van der Waals surface area contributed by atoms with Crippen molar-refractivity contribution >= 4 is 37.8 Å². The molecule has 0 unspecified atom stereocenters. The first kappa shape index (κ1) is 8.14. The highest BCUT2D eigenvalue weighted by atomic mass is 127. The van der Waals surface area contributed by atoms with E-state index in [1.807, 2.05) is 11.6 Å². The third-order valence-corrected chi connectivity index (χ3v) is 4.71. The van der Waals surface area contributed by atoms with Gasteiger partial charge in [-0.15, -0.1) is 22.4 Å². The van der Waals surface area contributed by atoms with Crippen molar-refractivity contribution in [1.82, 2.24) is 0 Å². The normalized spacial score (nSPS) is 9.86. The summed E-state index contributed by atoms with van der Waals surface area (Å²) in [6, 6.07) is 0. The Hall–Kier alpha value is 1.14. The van der Waals surface area contributed by atoms with Crippen LogP contribution in [0.3, 0.4) is 0 Å². The number of rotatable bonds is 2. The lowest BCUT2D eigenvalue weighted by Gasteiger charge is -2.03. The summed E-state index contributed by atoms with van der Waals surface area (Å²) in [6.45, 7) is 4.49. The highest BCUT2D eigenvalue weighted by Gasteiger charge is 2.10. The summed E-state index contributed by atoms with van der Waals surface area (Å²) in [5, 5.41) is 0. The molecule has 0 bridgehead atoms. The van der Waals surface area contributed by atoms with Gasteiger partial charge < -0.3 is 0 Å². The molecular weight excluding hydrogens is 218 g/mol. The average molecular weight is 228 g/mol. The lowest BCUT2D eigenvalue weighted by Crippen LogP contribution is -1.99. The Morgan fingerprint density at radius 3 is 2.00 bits per heavy atom. The van der Waals surface area contributed by atoms with Crippen LogP contribution in [-0.2, 0) is 0 Å². The summed E-state index contributed by atoms with van der Waals surface area (Å²) >= 11 is 4.38. The maximum Gasteiger partial charge on any atom is 0.283 e. The Kier molecular flexibility index (Phi) is 4.73. The van der Waals surface area contributed by atoms with Gasteiger partial charge in [-0.05, 0) is 12.1 Å². The fourth-order valence-corrected chi connectivity index (χ4v) is 0.816. The van der Waals surface area contributed by atoms with Crippen molar-refractivity contribution in [2.75, 3.05) is 6.26 Å². The van der Waals surface area contributed by atoms with E-state index in [-0.39, 0.29) is 0 Å². The van der Waals surface area contributed by atoms with Crippen molar-refractivity contribution in [2.24, 2.45) is 0 Å². The van der Waals surface area contributed by atoms with Gasteiger partial charge in [0.15, 0.2) is 0 Å². The second-order valence-corrected chi connectivity index (χ2v) is 5.00. The molecule has 3 heteroatoms. The fraction of sp³-hybridized carbons (Fsp3) is 1.00. The minimum absolute atomic E-state index is 0.789. The lowest BCUT2D eigenvalue weighted by atomic mass is 9.90. The topological polar surface area (TPSA) is 0 Å². The first-order valence-corrected chi connectivity index (χ1v) is 4.88. The molecule has 0 fully saturated rings. The van der Waals surface area contributed by atoms with E-state index < -0.39 is 0 Å². The van der Waals surface area contributed by atoms with Crippen molar-refractivity contribution in [3.05, 3.63) is 0 Å². The van der Waals surface area contributed by atoms with Gasteiger partial charge in [-0.25, -0.2) is 0 Å². The molecular formula is C4H10BIS. The molecule has 0 aliphatic carbocycles. The molecule has 0 aromatic carbocycles. The Morgan fingerprint density at radius 1 is 1.57 bits per heavy atom.